The molecule has 3 atom stereocenters. The molecule has 0 saturated carbocycles. The molecule has 0 saturated heterocycles. The van der Waals surface area contributed by atoms with Gasteiger partial charge in [0.2, 0.25) is 0 Å². The van der Waals surface area contributed by atoms with Gasteiger partial charge in [0.1, 0.15) is 0 Å². The van der Waals surface area contributed by atoms with Crippen LogP contribution in [0.1, 0.15) is 39.4 Å². The van der Waals surface area contributed by atoms with E-state index >= 15 is 0 Å². The van der Waals surface area contributed by atoms with E-state index in [1.807, 2.05) is 39.0 Å². The van der Waals surface area contributed by atoms with Crippen LogP contribution in [0.3, 0.4) is 0 Å². The zero-order valence-electron chi connectivity index (χ0n) is 11.9. The Morgan fingerprint density at radius 1 is 1.26 bits per heavy atom. The molecule has 1 N–H and O–H groups in total. The summed E-state index contributed by atoms with van der Waals surface area (Å²) in [5, 5.41) is 10.2. The highest BCUT2D eigenvalue weighted by Gasteiger charge is 2.28. The van der Waals surface area contributed by atoms with Gasteiger partial charge in [-0.15, -0.1) is 0 Å². The summed E-state index contributed by atoms with van der Waals surface area (Å²) in [6.07, 6.45) is -0.842. The smallest absolute Gasteiger partial charge is 0.151 e. The van der Waals surface area contributed by atoms with Crippen molar-refractivity contribution in [3.8, 4) is 0 Å². The van der Waals surface area contributed by atoms with Gasteiger partial charge in [-0.05, 0) is 26.3 Å². The first-order valence-corrected chi connectivity index (χ1v) is 7.69. The molecule has 1 aromatic rings. The number of hydrogen-bond donors (Lipinski definition) is 1. The summed E-state index contributed by atoms with van der Waals surface area (Å²) in [5.41, 5.74) is 0.713. The highest BCUT2D eigenvalue weighted by molar-refractivity contribution is 7.87. The van der Waals surface area contributed by atoms with Crippen LogP contribution in [0.25, 0.3) is 0 Å². The van der Waals surface area contributed by atoms with E-state index in [0.717, 1.165) is 0 Å². The van der Waals surface area contributed by atoms with Crippen molar-refractivity contribution < 1.29 is 14.1 Å². The van der Waals surface area contributed by atoms with Gasteiger partial charge in [0.25, 0.3) is 0 Å². The van der Waals surface area contributed by atoms with Crippen LogP contribution in [-0.4, -0.2) is 25.6 Å². The number of Topliss-reactive ketones (excluding diaryl/α,β-unsaturated/α-hetero) is 1. The van der Waals surface area contributed by atoms with Crippen molar-refractivity contribution in [2.75, 3.05) is 5.75 Å². The summed E-state index contributed by atoms with van der Waals surface area (Å²) in [6.45, 7) is 7.21. The molecular weight excluding hydrogens is 260 g/mol. The third kappa shape index (κ3) is 4.55. The molecule has 106 valence electrons. The Hall–Kier alpha value is -1.00. The fourth-order valence-electron chi connectivity index (χ4n) is 1.59. The normalized spacial score (nSPS) is 16.7. The average molecular weight is 282 g/mol. The van der Waals surface area contributed by atoms with Crippen LogP contribution >= 0.6 is 0 Å². The van der Waals surface area contributed by atoms with Gasteiger partial charge < -0.3 is 5.11 Å². The second-order valence-corrected chi connectivity index (χ2v) is 7.92. The highest BCUT2D eigenvalue weighted by atomic mass is 32.2. The number of hydrogen-bond acceptors (Lipinski definition) is 3. The molecule has 0 heterocycles. The zero-order chi connectivity index (χ0) is 14.6. The van der Waals surface area contributed by atoms with Crippen LogP contribution in [0.4, 0.5) is 0 Å². The average Bonchev–Trinajstić information content (AvgIpc) is 2.36. The van der Waals surface area contributed by atoms with E-state index in [1.165, 1.54) is 0 Å². The summed E-state index contributed by atoms with van der Waals surface area (Å²) in [5.74, 6) is -0.715. The Kier molecular flexibility index (Phi) is 5.44. The number of rotatable bonds is 5. The Morgan fingerprint density at radius 3 is 2.26 bits per heavy atom. The molecule has 3 nitrogen and oxygen atoms in total. The number of carbonyl (C=O) groups is 1. The molecule has 1 rings (SSSR count). The lowest BCUT2D eigenvalue weighted by Crippen LogP contribution is -2.31. The van der Waals surface area contributed by atoms with Crippen LogP contribution in [0.2, 0.25) is 0 Å². The van der Waals surface area contributed by atoms with E-state index < -0.39 is 27.6 Å². The molecule has 1 unspecified atom stereocenters. The first kappa shape index (κ1) is 16.1. The van der Waals surface area contributed by atoms with Gasteiger partial charge in [-0.25, -0.2) is 0 Å². The first-order valence-electron chi connectivity index (χ1n) is 6.37. The minimum atomic E-state index is -1.22. The van der Waals surface area contributed by atoms with Gasteiger partial charge >= 0.3 is 0 Å². The van der Waals surface area contributed by atoms with E-state index in [9.17, 15) is 14.1 Å². The van der Waals surface area contributed by atoms with E-state index in [4.69, 9.17) is 0 Å². The van der Waals surface area contributed by atoms with Gasteiger partial charge in [-0.2, -0.15) is 0 Å². The number of benzene rings is 1. The summed E-state index contributed by atoms with van der Waals surface area (Å²) in [7, 11) is -1.22. The topological polar surface area (TPSA) is 54.4 Å². The maximum atomic E-state index is 12.1. The molecule has 0 aliphatic carbocycles. The van der Waals surface area contributed by atoms with Crippen LogP contribution in [0.15, 0.2) is 30.3 Å². The maximum absolute atomic E-state index is 12.1. The number of aliphatic hydroxyl groups excluding tert-OH is 1. The van der Waals surface area contributed by atoms with Crippen molar-refractivity contribution in [3.63, 3.8) is 0 Å². The Bertz CT molecular complexity index is 448. The molecule has 1 aromatic carbocycles. The Balaban J connectivity index is 2.70. The van der Waals surface area contributed by atoms with Crippen LogP contribution < -0.4 is 0 Å². The number of ketones is 1. The van der Waals surface area contributed by atoms with E-state index in [0.29, 0.717) is 5.56 Å². The largest absolute Gasteiger partial charge is 0.388 e. The lowest BCUT2D eigenvalue weighted by molar-refractivity contribution is -0.123. The molecule has 0 bridgehead atoms. The van der Waals surface area contributed by atoms with E-state index in [-0.39, 0.29) is 11.5 Å². The number of aliphatic hydroxyl groups is 1. The predicted octanol–water partition coefficient (Wildman–Crippen LogP) is 2.47. The standard InChI is InChI=1S/C15H22O3S/c1-11(13(16)10-19(18)15(2,3)4)14(17)12-8-6-5-7-9-12/h5-9,11,14,17H,10H2,1-4H3/t11-,14+,19?/m1/s1. The number of carbonyl (C=O) groups excluding carboxylic acids is 1. The monoisotopic (exact) mass is 282 g/mol. The van der Waals surface area contributed by atoms with Crippen LogP contribution in [0, 0.1) is 5.92 Å². The van der Waals surface area contributed by atoms with Crippen LogP contribution in [-0.2, 0) is 15.6 Å². The summed E-state index contributed by atoms with van der Waals surface area (Å²) < 4.78 is 11.5. The lowest BCUT2D eigenvalue weighted by Gasteiger charge is -2.21. The minimum Gasteiger partial charge on any atom is -0.388 e. The summed E-state index contributed by atoms with van der Waals surface area (Å²) in [6, 6.07) is 9.08. The lowest BCUT2D eigenvalue weighted by atomic mass is 9.94. The predicted molar refractivity (Wildman–Crippen MR) is 78.3 cm³/mol. The molecule has 4 heteroatoms. The maximum Gasteiger partial charge on any atom is 0.151 e. The quantitative estimate of drug-likeness (QED) is 0.902. The first-order chi connectivity index (χ1) is 8.73. The molecule has 19 heavy (non-hydrogen) atoms. The molecule has 0 aromatic heterocycles. The fourth-order valence-corrected chi connectivity index (χ4v) is 2.55. The highest BCUT2D eigenvalue weighted by Crippen LogP contribution is 2.23. The molecule has 0 fully saturated rings. The van der Waals surface area contributed by atoms with Crippen molar-refractivity contribution in [1.29, 1.82) is 0 Å². The van der Waals surface area contributed by atoms with Crippen molar-refractivity contribution in [2.24, 2.45) is 5.92 Å². The van der Waals surface area contributed by atoms with Crippen molar-refractivity contribution in [3.05, 3.63) is 35.9 Å². The van der Waals surface area contributed by atoms with Gasteiger partial charge in [0, 0.05) is 21.5 Å². The molecule has 0 spiro atoms. The molecule has 0 aliphatic heterocycles. The van der Waals surface area contributed by atoms with Gasteiger partial charge in [0.15, 0.2) is 5.78 Å². The Morgan fingerprint density at radius 2 is 1.79 bits per heavy atom. The van der Waals surface area contributed by atoms with E-state index in [1.54, 1.807) is 19.1 Å². The minimum absolute atomic E-state index is 0.00540. The van der Waals surface area contributed by atoms with Crippen molar-refractivity contribution >= 4 is 16.6 Å². The third-order valence-corrected chi connectivity index (χ3v) is 4.99. The summed E-state index contributed by atoms with van der Waals surface area (Å²) in [4.78, 5) is 12.1. The third-order valence-electron chi connectivity index (χ3n) is 3.08. The second kappa shape index (κ2) is 6.44. The molecule has 0 amide bonds. The molecule has 0 radical (unpaired) electrons. The van der Waals surface area contributed by atoms with E-state index in [2.05, 4.69) is 0 Å². The van der Waals surface area contributed by atoms with Crippen molar-refractivity contribution in [2.45, 2.75) is 38.5 Å². The SMILES string of the molecule is C[C@H](C(=O)CS(=O)C(C)(C)C)[C@H](O)c1ccccc1. The second-order valence-electron chi connectivity index (χ2n) is 5.71. The van der Waals surface area contributed by atoms with Gasteiger partial charge in [0.05, 0.1) is 11.9 Å². The van der Waals surface area contributed by atoms with Gasteiger partial charge in [-0.1, -0.05) is 37.3 Å². The summed E-state index contributed by atoms with van der Waals surface area (Å²) >= 11 is 0. The van der Waals surface area contributed by atoms with Crippen molar-refractivity contribution in [1.82, 2.24) is 0 Å². The molecule has 0 aliphatic rings. The van der Waals surface area contributed by atoms with Gasteiger partial charge in [-0.3, -0.25) is 9.00 Å². The Labute approximate surface area is 117 Å². The molecular formula is C15H22O3S. The zero-order valence-corrected chi connectivity index (χ0v) is 12.7. The fraction of sp³-hybridized carbons (Fsp3) is 0.533. The van der Waals surface area contributed by atoms with Crippen LogP contribution in [0.5, 0.6) is 0 Å².